The molecule has 0 aliphatic heterocycles. The van der Waals surface area contributed by atoms with E-state index in [1.807, 2.05) is 57.4 Å². The van der Waals surface area contributed by atoms with Crippen molar-refractivity contribution in [2.45, 2.75) is 20.8 Å². The first kappa shape index (κ1) is 21.3. The number of halogens is 2. The number of pyridine rings is 1. The fourth-order valence-electron chi connectivity index (χ4n) is 3.10. The third-order valence-electron chi connectivity index (χ3n) is 4.32. The van der Waals surface area contributed by atoms with E-state index in [2.05, 4.69) is 11.4 Å². The fraction of sp³-hybridized carbons (Fsp3) is 0.130. The highest BCUT2D eigenvalue weighted by Crippen LogP contribution is 2.27. The summed E-state index contributed by atoms with van der Waals surface area (Å²) in [5.41, 5.74) is 5.10. The van der Waals surface area contributed by atoms with Crippen LogP contribution >= 0.6 is 35.4 Å². The Balaban J connectivity index is 2.12. The Bertz CT molecular complexity index is 1110. The maximum absolute atomic E-state index is 11.1. The molecule has 0 amide bonds. The number of anilines is 1. The summed E-state index contributed by atoms with van der Waals surface area (Å²) in [5.74, 6) is 0.000965. The van der Waals surface area contributed by atoms with Gasteiger partial charge in [0.05, 0.1) is 10.0 Å². The summed E-state index contributed by atoms with van der Waals surface area (Å²) >= 11 is 17.9. The van der Waals surface area contributed by atoms with Crippen LogP contribution < -0.4 is 9.88 Å². The summed E-state index contributed by atoms with van der Waals surface area (Å²) in [7, 11) is 0. The van der Waals surface area contributed by atoms with Gasteiger partial charge in [0.25, 0.3) is 5.70 Å². The molecular formula is C23H21Cl2N2OS+. The highest BCUT2D eigenvalue weighted by Gasteiger charge is 2.24. The number of aryl methyl sites for hydroxylation is 3. The minimum atomic E-state index is 0.000965. The van der Waals surface area contributed by atoms with E-state index in [0.29, 0.717) is 26.3 Å². The summed E-state index contributed by atoms with van der Waals surface area (Å²) in [6.45, 7) is 6.03. The van der Waals surface area contributed by atoms with Crippen molar-refractivity contribution < 1.29 is 9.67 Å². The second kappa shape index (κ2) is 8.95. The number of aliphatic hydroxyl groups excluding tert-OH is 1. The number of aromatic nitrogens is 1. The number of hydrogen-bond donors (Lipinski definition) is 2. The molecule has 0 fully saturated rings. The van der Waals surface area contributed by atoms with Gasteiger partial charge in [-0.3, -0.25) is 0 Å². The first-order valence-electron chi connectivity index (χ1n) is 9.01. The molecule has 1 aromatic heterocycles. The predicted octanol–water partition coefficient (Wildman–Crippen LogP) is 6.53. The second-order valence-corrected chi connectivity index (χ2v) is 8.17. The molecule has 6 heteroatoms. The Kier molecular flexibility index (Phi) is 6.58. The number of benzene rings is 2. The normalized spacial score (nSPS) is 11.8. The van der Waals surface area contributed by atoms with Crippen LogP contribution in [-0.2, 0) is 0 Å². The van der Waals surface area contributed by atoms with E-state index in [4.69, 9.17) is 35.4 Å². The minimum absolute atomic E-state index is 0.000965. The summed E-state index contributed by atoms with van der Waals surface area (Å²) in [6.07, 6.45) is 3.74. The van der Waals surface area contributed by atoms with Crippen LogP contribution in [0.25, 0.3) is 11.5 Å². The standard InChI is InChI=1S/C23H20Cl2N2OS/c1-14-5-4-8-27(13-14)21(22(28)17-6-7-19(24)20(25)12-17)23(29)26-18-10-15(2)9-16(3)11-18/h4-13H,1-3H3,(H-,26,28,29)/p+1. The summed E-state index contributed by atoms with van der Waals surface area (Å²) in [6, 6.07) is 15.0. The summed E-state index contributed by atoms with van der Waals surface area (Å²) in [4.78, 5) is 0.383. The molecule has 0 aliphatic carbocycles. The lowest BCUT2D eigenvalue weighted by Gasteiger charge is -2.12. The zero-order valence-electron chi connectivity index (χ0n) is 16.3. The van der Waals surface area contributed by atoms with Gasteiger partial charge in [0.1, 0.15) is 0 Å². The van der Waals surface area contributed by atoms with E-state index in [-0.39, 0.29) is 5.76 Å². The van der Waals surface area contributed by atoms with Gasteiger partial charge in [-0.25, -0.2) is 0 Å². The van der Waals surface area contributed by atoms with Crippen molar-refractivity contribution in [3.05, 3.63) is 93.2 Å². The summed E-state index contributed by atoms with van der Waals surface area (Å²) < 4.78 is 1.80. The molecule has 29 heavy (non-hydrogen) atoms. The number of nitrogens with one attached hydrogen (secondary N) is 1. The smallest absolute Gasteiger partial charge is 0.288 e. The van der Waals surface area contributed by atoms with Crippen molar-refractivity contribution in [3.63, 3.8) is 0 Å². The van der Waals surface area contributed by atoms with E-state index in [1.54, 1.807) is 22.8 Å². The average Bonchev–Trinajstić information content (AvgIpc) is 2.63. The second-order valence-electron chi connectivity index (χ2n) is 6.95. The minimum Gasteiger partial charge on any atom is -0.502 e. The quantitative estimate of drug-likeness (QED) is 0.208. The van der Waals surface area contributed by atoms with Gasteiger partial charge in [-0.1, -0.05) is 41.5 Å². The lowest BCUT2D eigenvalue weighted by molar-refractivity contribution is -0.576. The maximum Gasteiger partial charge on any atom is 0.288 e. The Morgan fingerprint density at radius 2 is 1.62 bits per heavy atom. The van der Waals surface area contributed by atoms with Crippen molar-refractivity contribution in [1.29, 1.82) is 0 Å². The van der Waals surface area contributed by atoms with Crippen molar-refractivity contribution in [1.82, 2.24) is 0 Å². The van der Waals surface area contributed by atoms with E-state index in [0.717, 1.165) is 22.4 Å². The van der Waals surface area contributed by atoms with Crippen LogP contribution in [0, 0.1) is 20.8 Å². The average molecular weight is 444 g/mol. The summed E-state index contributed by atoms with van der Waals surface area (Å²) in [5, 5.41) is 15.2. The third kappa shape index (κ3) is 5.15. The maximum atomic E-state index is 11.1. The molecule has 3 nitrogen and oxygen atoms in total. The molecule has 1 heterocycles. The molecule has 0 bridgehead atoms. The zero-order chi connectivity index (χ0) is 21.1. The number of nitrogens with zero attached hydrogens (tertiary/aromatic N) is 1. The number of hydrogen-bond acceptors (Lipinski definition) is 2. The van der Waals surface area contributed by atoms with Gasteiger partial charge >= 0.3 is 0 Å². The van der Waals surface area contributed by atoms with E-state index in [9.17, 15) is 5.11 Å². The lowest BCUT2D eigenvalue weighted by atomic mass is 10.1. The van der Waals surface area contributed by atoms with Crippen LogP contribution in [0.2, 0.25) is 10.0 Å². The monoisotopic (exact) mass is 443 g/mol. The molecule has 2 aromatic carbocycles. The van der Waals surface area contributed by atoms with Gasteiger partial charge in [-0.05, 0) is 68.3 Å². The van der Waals surface area contributed by atoms with Gasteiger partial charge in [0.2, 0.25) is 0 Å². The molecular weight excluding hydrogens is 423 g/mol. The van der Waals surface area contributed by atoms with Crippen molar-refractivity contribution in [3.8, 4) is 0 Å². The van der Waals surface area contributed by atoms with Gasteiger partial charge < -0.3 is 10.4 Å². The molecule has 2 N–H and O–H groups in total. The Morgan fingerprint density at radius 3 is 2.24 bits per heavy atom. The van der Waals surface area contributed by atoms with Crippen molar-refractivity contribution in [2.24, 2.45) is 0 Å². The fourth-order valence-corrected chi connectivity index (χ4v) is 3.71. The topological polar surface area (TPSA) is 36.1 Å². The SMILES string of the molecule is Cc1cc(C)cc(NC(=S)C(=C(O)c2ccc(Cl)c(Cl)c2)[n+]2cccc(C)c2)c1. The Labute approximate surface area is 186 Å². The van der Waals surface area contributed by atoms with Crippen LogP contribution in [0.15, 0.2) is 60.9 Å². The van der Waals surface area contributed by atoms with E-state index < -0.39 is 0 Å². The highest BCUT2D eigenvalue weighted by atomic mass is 35.5. The number of aliphatic hydroxyl groups is 1. The number of thiocarbonyl (C=S) groups is 1. The van der Waals surface area contributed by atoms with Gasteiger partial charge in [0, 0.05) is 22.9 Å². The van der Waals surface area contributed by atoms with Crippen LogP contribution in [0.1, 0.15) is 22.3 Å². The Hall–Kier alpha value is -2.40. The molecule has 0 saturated carbocycles. The molecule has 0 spiro atoms. The molecule has 3 aromatic rings. The molecule has 0 radical (unpaired) electrons. The largest absolute Gasteiger partial charge is 0.502 e. The van der Waals surface area contributed by atoms with Crippen LogP contribution in [0.3, 0.4) is 0 Å². The van der Waals surface area contributed by atoms with Crippen molar-refractivity contribution in [2.75, 3.05) is 5.32 Å². The lowest BCUT2D eigenvalue weighted by Crippen LogP contribution is -2.38. The molecule has 3 rings (SSSR count). The zero-order valence-corrected chi connectivity index (χ0v) is 18.7. The highest BCUT2D eigenvalue weighted by molar-refractivity contribution is 7.81. The number of rotatable bonds is 4. The molecule has 0 unspecified atom stereocenters. The molecule has 0 saturated heterocycles. The van der Waals surface area contributed by atoms with Gasteiger partial charge in [0.15, 0.2) is 23.1 Å². The van der Waals surface area contributed by atoms with Crippen LogP contribution in [0.5, 0.6) is 0 Å². The predicted molar refractivity (Wildman–Crippen MR) is 126 cm³/mol. The van der Waals surface area contributed by atoms with E-state index in [1.165, 1.54) is 0 Å². The third-order valence-corrected chi connectivity index (χ3v) is 5.35. The molecule has 0 aliphatic rings. The molecule has 0 atom stereocenters. The van der Waals surface area contributed by atoms with Crippen LogP contribution in [-0.4, -0.2) is 10.1 Å². The first-order chi connectivity index (χ1) is 13.7. The Morgan fingerprint density at radius 1 is 0.931 bits per heavy atom. The van der Waals surface area contributed by atoms with E-state index >= 15 is 0 Å². The first-order valence-corrected chi connectivity index (χ1v) is 10.2. The van der Waals surface area contributed by atoms with Crippen LogP contribution in [0.4, 0.5) is 5.69 Å². The van der Waals surface area contributed by atoms with Gasteiger partial charge in [-0.2, -0.15) is 4.57 Å². The van der Waals surface area contributed by atoms with Crippen molar-refractivity contribution >= 4 is 57.6 Å². The molecule has 148 valence electrons. The van der Waals surface area contributed by atoms with Gasteiger partial charge in [-0.15, -0.1) is 0 Å².